The molecule has 106 valence electrons. The van der Waals surface area contributed by atoms with Crippen molar-refractivity contribution in [2.24, 2.45) is 0 Å². The van der Waals surface area contributed by atoms with Gasteiger partial charge in [0.1, 0.15) is 5.82 Å². The summed E-state index contributed by atoms with van der Waals surface area (Å²) in [7, 11) is 0. The van der Waals surface area contributed by atoms with Gasteiger partial charge >= 0.3 is 0 Å². The van der Waals surface area contributed by atoms with Crippen LogP contribution in [0, 0.1) is 5.82 Å². The molecule has 0 spiro atoms. The Morgan fingerprint density at radius 1 is 1.42 bits per heavy atom. The number of piperazine rings is 1. The van der Waals surface area contributed by atoms with Crippen molar-refractivity contribution in [2.45, 2.75) is 45.2 Å². The van der Waals surface area contributed by atoms with Gasteiger partial charge in [0, 0.05) is 31.7 Å². The summed E-state index contributed by atoms with van der Waals surface area (Å²) in [6.45, 7) is 7.70. The number of nitrogens with zero attached hydrogens (tertiary/aromatic N) is 1. The molecule has 1 N–H and O–H groups in total. The number of halogens is 1. The summed E-state index contributed by atoms with van der Waals surface area (Å²) in [5.74, 6) is -0.130. The van der Waals surface area contributed by atoms with Crippen LogP contribution in [0.4, 0.5) is 4.39 Å². The van der Waals surface area contributed by atoms with Gasteiger partial charge in [-0.3, -0.25) is 4.90 Å². The topological polar surface area (TPSA) is 15.3 Å². The van der Waals surface area contributed by atoms with Crippen molar-refractivity contribution in [3.8, 4) is 0 Å². The maximum atomic E-state index is 13.1. The fourth-order valence-electron chi connectivity index (χ4n) is 2.81. The van der Waals surface area contributed by atoms with Gasteiger partial charge in [-0.2, -0.15) is 0 Å². The molecule has 1 fully saturated rings. The van der Waals surface area contributed by atoms with Gasteiger partial charge in [-0.1, -0.05) is 25.5 Å². The third-order valence-corrected chi connectivity index (χ3v) is 3.99. The summed E-state index contributed by atoms with van der Waals surface area (Å²) in [6.07, 6.45) is 3.40. The molecular weight excluding hydrogens is 239 g/mol. The van der Waals surface area contributed by atoms with Crippen molar-refractivity contribution >= 4 is 0 Å². The molecule has 19 heavy (non-hydrogen) atoms. The van der Waals surface area contributed by atoms with E-state index in [0.717, 1.165) is 31.6 Å². The molecule has 2 rings (SSSR count). The molecule has 1 aliphatic heterocycles. The van der Waals surface area contributed by atoms with Gasteiger partial charge in [-0.15, -0.1) is 0 Å². The van der Waals surface area contributed by atoms with Crippen LogP contribution >= 0.6 is 0 Å². The zero-order valence-electron chi connectivity index (χ0n) is 12.0. The molecule has 0 aromatic heterocycles. The molecule has 1 heterocycles. The highest BCUT2D eigenvalue weighted by Gasteiger charge is 2.23. The van der Waals surface area contributed by atoms with Gasteiger partial charge in [0.2, 0.25) is 0 Å². The van der Waals surface area contributed by atoms with E-state index in [9.17, 15) is 4.39 Å². The zero-order valence-corrected chi connectivity index (χ0v) is 12.0. The smallest absolute Gasteiger partial charge is 0.123 e. The maximum Gasteiger partial charge on any atom is 0.123 e. The Bertz CT molecular complexity index is 394. The Labute approximate surface area is 116 Å². The Kier molecular flexibility index (Phi) is 5.34. The van der Waals surface area contributed by atoms with Crippen molar-refractivity contribution in [1.82, 2.24) is 10.2 Å². The third-order valence-electron chi connectivity index (χ3n) is 3.99. The number of hydrogen-bond donors (Lipinski definition) is 1. The Balaban J connectivity index is 1.86. The molecule has 0 amide bonds. The molecule has 1 aromatic carbocycles. The molecule has 3 heteroatoms. The second-order valence-corrected chi connectivity index (χ2v) is 5.62. The number of rotatable bonds is 5. The van der Waals surface area contributed by atoms with Crippen molar-refractivity contribution in [1.29, 1.82) is 0 Å². The lowest BCUT2D eigenvalue weighted by Gasteiger charge is -2.39. The van der Waals surface area contributed by atoms with E-state index in [0.29, 0.717) is 12.1 Å². The van der Waals surface area contributed by atoms with Crippen LogP contribution in [0.5, 0.6) is 0 Å². The number of benzene rings is 1. The predicted octanol–water partition coefficient (Wildman–Crippen LogP) is 2.83. The van der Waals surface area contributed by atoms with Gasteiger partial charge in [0.25, 0.3) is 0 Å². The minimum Gasteiger partial charge on any atom is -0.311 e. The highest BCUT2D eigenvalue weighted by Crippen LogP contribution is 2.12. The van der Waals surface area contributed by atoms with Gasteiger partial charge < -0.3 is 5.32 Å². The van der Waals surface area contributed by atoms with E-state index in [1.165, 1.54) is 18.9 Å². The summed E-state index contributed by atoms with van der Waals surface area (Å²) in [6, 6.07) is 8.16. The third kappa shape index (κ3) is 4.29. The van der Waals surface area contributed by atoms with Crippen LogP contribution in [0.25, 0.3) is 0 Å². The summed E-state index contributed by atoms with van der Waals surface area (Å²) in [4.78, 5) is 2.53. The summed E-state index contributed by atoms with van der Waals surface area (Å²) >= 11 is 0. The number of nitrogens with one attached hydrogen (secondary N) is 1. The average Bonchev–Trinajstić information content (AvgIpc) is 2.40. The average molecular weight is 264 g/mol. The van der Waals surface area contributed by atoms with E-state index in [-0.39, 0.29) is 5.82 Å². The predicted molar refractivity (Wildman–Crippen MR) is 77.8 cm³/mol. The largest absolute Gasteiger partial charge is 0.311 e. The van der Waals surface area contributed by atoms with E-state index in [1.807, 2.05) is 6.07 Å². The normalized spacial score (nSPS) is 24.6. The van der Waals surface area contributed by atoms with E-state index in [2.05, 4.69) is 24.1 Å². The highest BCUT2D eigenvalue weighted by atomic mass is 19.1. The lowest BCUT2D eigenvalue weighted by atomic mass is 10.0. The summed E-state index contributed by atoms with van der Waals surface area (Å²) in [5.41, 5.74) is 1.10. The van der Waals surface area contributed by atoms with Gasteiger partial charge in [0.15, 0.2) is 0 Å². The van der Waals surface area contributed by atoms with Gasteiger partial charge in [-0.25, -0.2) is 4.39 Å². The molecule has 1 saturated heterocycles. The first-order valence-corrected chi connectivity index (χ1v) is 7.41. The summed E-state index contributed by atoms with van der Waals surface area (Å²) < 4.78 is 13.1. The quantitative estimate of drug-likeness (QED) is 0.880. The lowest BCUT2D eigenvalue weighted by Crippen LogP contribution is -2.55. The molecule has 2 nitrogen and oxygen atoms in total. The van der Waals surface area contributed by atoms with E-state index in [4.69, 9.17) is 0 Å². The first-order chi connectivity index (χ1) is 9.19. The molecule has 1 aliphatic rings. The molecule has 0 aliphatic carbocycles. The molecular formula is C16H25FN2. The highest BCUT2D eigenvalue weighted by molar-refractivity contribution is 5.16. The van der Waals surface area contributed by atoms with Crippen LogP contribution in [-0.2, 0) is 6.42 Å². The van der Waals surface area contributed by atoms with Gasteiger partial charge in [-0.05, 0) is 37.5 Å². The molecule has 0 bridgehead atoms. The number of hydrogen-bond acceptors (Lipinski definition) is 2. The van der Waals surface area contributed by atoms with Crippen LogP contribution in [0.2, 0.25) is 0 Å². The van der Waals surface area contributed by atoms with Crippen LogP contribution in [0.3, 0.4) is 0 Å². The van der Waals surface area contributed by atoms with Crippen molar-refractivity contribution < 1.29 is 4.39 Å². The Hall–Kier alpha value is -0.930. The van der Waals surface area contributed by atoms with E-state index in [1.54, 1.807) is 12.1 Å². The second-order valence-electron chi connectivity index (χ2n) is 5.62. The van der Waals surface area contributed by atoms with Crippen LogP contribution in [-0.4, -0.2) is 36.6 Å². The maximum absolute atomic E-state index is 13.1. The molecule has 1 aromatic rings. The fourth-order valence-corrected chi connectivity index (χ4v) is 2.81. The Morgan fingerprint density at radius 2 is 2.26 bits per heavy atom. The minimum absolute atomic E-state index is 0.130. The van der Waals surface area contributed by atoms with Crippen molar-refractivity contribution in [3.63, 3.8) is 0 Å². The van der Waals surface area contributed by atoms with Crippen molar-refractivity contribution in [2.75, 3.05) is 19.6 Å². The minimum atomic E-state index is -0.130. The summed E-state index contributed by atoms with van der Waals surface area (Å²) in [5, 5.41) is 3.61. The van der Waals surface area contributed by atoms with Crippen molar-refractivity contribution in [3.05, 3.63) is 35.6 Å². The zero-order chi connectivity index (χ0) is 13.7. The first kappa shape index (κ1) is 14.5. The lowest BCUT2D eigenvalue weighted by molar-refractivity contribution is 0.138. The van der Waals surface area contributed by atoms with E-state index < -0.39 is 0 Å². The van der Waals surface area contributed by atoms with Crippen LogP contribution < -0.4 is 5.32 Å². The van der Waals surface area contributed by atoms with E-state index >= 15 is 0 Å². The second kappa shape index (κ2) is 7.01. The molecule has 0 saturated carbocycles. The van der Waals surface area contributed by atoms with Gasteiger partial charge in [0.05, 0.1) is 0 Å². The molecule has 2 unspecified atom stereocenters. The standard InChI is InChI=1S/C16H25FN2/c1-3-5-16-12-19(13(2)11-18-16)9-8-14-6-4-7-15(17)10-14/h4,6-7,10,13,16,18H,3,5,8-9,11-12H2,1-2H3. The van der Waals surface area contributed by atoms with Crippen LogP contribution in [0.1, 0.15) is 32.3 Å². The van der Waals surface area contributed by atoms with Crippen LogP contribution in [0.15, 0.2) is 24.3 Å². The fraction of sp³-hybridized carbons (Fsp3) is 0.625. The SMILES string of the molecule is CCCC1CN(CCc2cccc(F)c2)C(C)CN1. The molecule has 2 atom stereocenters. The molecule has 0 radical (unpaired) electrons. The Morgan fingerprint density at radius 3 is 3.00 bits per heavy atom. The first-order valence-electron chi connectivity index (χ1n) is 7.41. The monoisotopic (exact) mass is 264 g/mol.